The van der Waals surface area contributed by atoms with Crippen molar-refractivity contribution >= 4 is 21.7 Å². The van der Waals surface area contributed by atoms with Gasteiger partial charge in [-0.1, -0.05) is 54.1 Å². The standard InChI is InChI=1S/C30H28FNO4S/c1-19-13-15-24(16-14-19)37(34,35)32-27-17-20(2)21(3)22(4)28(27)29-25(11-8-12-26(29)31)30(33)36-18-23-9-6-5-7-10-23/h5-17,32H,18H2,1-4H3. The molecule has 0 aliphatic heterocycles. The summed E-state index contributed by atoms with van der Waals surface area (Å²) in [5.74, 6) is -1.36. The second kappa shape index (κ2) is 10.6. The van der Waals surface area contributed by atoms with Gasteiger partial charge in [0.25, 0.3) is 10.0 Å². The lowest BCUT2D eigenvalue weighted by Gasteiger charge is -2.21. The summed E-state index contributed by atoms with van der Waals surface area (Å²) >= 11 is 0. The lowest BCUT2D eigenvalue weighted by atomic mass is 9.89. The van der Waals surface area contributed by atoms with Crippen LogP contribution in [0.3, 0.4) is 0 Å². The maximum Gasteiger partial charge on any atom is 0.339 e. The molecule has 4 rings (SSSR count). The fraction of sp³-hybridized carbons (Fsp3) is 0.167. The number of hydrogen-bond donors (Lipinski definition) is 1. The third kappa shape index (κ3) is 5.57. The molecule has 0 fully saturated rings. The number of sulfonamides is 1. The van der Waals surface area contributed by atoms with E-state index in [1.165, 1.54) is 30.3 Å². The first-order chi connectivity index (χ1) is 17.6. The molecule has 37 heavy (non-hydrogen) atoms. The van der Waals surface area contributed by atoms with Crippen molar-refractivity contribution in [1.82, 2.24) is 0 Å². The third-order valence-corrected chi connectivity index (χ3v) is 7.81. The second-order valence-electron chi connectivity index (χ2n) is 9.01. The number of anilines is 1. The van der Waals surface area contributed by atoms with Gasteiger partial charge in [-0.25, -0.2) is 17.6 Å². The van der Waals surface area contributed by atoms with Crippen molar-refractivity contribution in [2.24, 2.45) is 0 Å². The number of benzene rings is 4. The molecule has 0 spiro atoms. The summed E-state index contributed by atoms with van der Waals surface area (Å²) in [5.41, 5.74) is 4.54. The fourth-order valence-electron chi connectivity index (χ4n) is 4.16. The van der Waals surface area contributed by atoms with E-state index >= 15 is 4.39 Å². The quantitative estimate of drug-likeness (QED) is 0.271. The third-order valence-electron chi connectivity index (χ3n) is 6.43. The number of halogens is 1. The number of nitrogens with one attached hydrogen (secondary N) is 1. The van der Waals surface area contributed by atoms with Crippen LogP contribution in [0.15, 0.2) is 83.8 Å². The zero-order valence-corrected chi connectivity index (χ0v) is 21.9. The van der Waals surface area contributed by atoms with Gasteiger partial charge in [0.05, 0.1) is 16.1 Å². The monoisotopic (exact) mass is 517 g/mol. The predicted octanol–water partition coefficient (Wildman–Crippen LogP) is 6.88. The predicted molar refractivity (Wildman–Crippen MR) is 144 cm³/mol. The van der Waals surface area contributed by atoms with Gasteiger partial charge in [0.1, 0.15) is 12.4 Å². The molecule has 190 valence electrons. The number of esters is 1. The molecule has 7 heteroatoms. The van der Waals surface area contributed by atoms with Crippen molar-refractivity contribution in [2.75, 3.05) is 4.72 Å². The first kappa shape index (κ1) is 26.1. The van der Waals surface area contributed by atoms with Crippen molar-refractivity contribution in [1.29, 1.82) is 0 Å². The van der Waals surface area contributed by atoms with Crippen LogP contribution in [0, 0.1) is 33.5 Å². The van der Waals surface area contributed by atoms with Gasteiger partial charge >= 0.3 is 5.97 Å². The van der Waals surface area contributed by atoms with E-state index in [0.717, 1.165) is 22.3 Å². The zero-order valence-electron chi connectivity index (χ0n) is 21.1. The Labute approximate surface area is 217 Å². The first-order valence-corrected chi connectivity index (χ1v) is 13.3. The minimum absolute atomic E-state index is 0.0113. The van der Waals surface area contributed by atoms with Gasteiger partial charge in [-0.2, -0.15) is 0 Å². The average molecular weight is 518 g/mol. The summed E-state index contributed by atoms with van der Waals surface area (Å²) in [4.78, 5) is 13.2. The first-order valence-electron chi connectivity index (χ1n) is 11.8. The van der Waals surface area contributed by atoms with Crippen LogP contribution in [0.5, 0.6) is 0 Å². The number of rotatable bonds is 7. The molecule has 0 aliphatic carbocycles. The highest BCUT2D eigenvalue weighted by molar-refractivity contribution is 7.92. The maximum atomic E-state index is 15.5. The van der Waals surface area contributed by atoms with Crippen LogP contribution < -0.4 is 4.72 Å². The molecule has 0 aliphatic rings. The molecule has 1 N–H and O–H groups in total. The largest absolute Gasteiger partial charge is 0.457 e. The lowest BCUT2D eigenvalue weighted by molar-refractivity contribution is 0.0473. The number of carbonyl (C=O) groups is 1. The summed E-state index contributed by atoms with van der Waals surface area (Å²) in [7, 11) is -3.99. The maximum absolute atomic E-state index is 15.5. The normalized spacial score (nSPS) is 11.3. The van der Waals surface area contributed by atoms with Gasteiger partial charge in [0.15, 0.2) is 0 Å². The van der Waals surface area contributed by atoms with Crippen molar-refractivity contribution in [3.05, 3.63) is 118 Å². The Balaban J connectivity index is 1.82. The van der Waals surface area contributed by atoms with Crippen LogP contribution >= 0.6 is 0 Å². The summed E-state index contributed by atoms with van der Waals surface area (Å²) in [6, 6.07) is 21.4. The van der Waals surface area contributed by atoms with Crippen molar-refractivity contribution < 1.29 is 22.3 Å². The highest BCUT2D eigenvalue weighted by Crippen LogP contribution is 2.39. The van der Waals surface area contributed by atoms with Crippen LogP contribution in [0.2, 0.25) is 0 Å². The summed E-state index contributed by atoms with van der Waals surface area (Å²) in [5, 5.41) is 0. The molecule has 5 nitrogen and oxygen atoms in total. The van der Waals surface area contributed by atoms with Gasteiger partial charge in [-0.05, 0) is 80.3 Å². The van der Waals surface area contributed by atoms with Gasteiger partial charge in [0.2, 0.25) is 0 Å². The minimum atomic E-state index is -3.99. The van der Waals surface area contributed by atoms with Crippen molar-refractivity contribution in [2.45, 2.75) is 39.2 Å². The topological polar surface area (TPSA) is 72.5 Å². The molecule has 0 bridgehead atoms. The Kier molecular flexibility index (Phi) is 7.45. The van der Waals surface area contributed by atoms with Crippen LogP contribution in [0.4, 0.5) is 10.1 Å². The Bertz CT molecular complexity index is 1560. The second-order valence-corrected chi connectivity index (χ2v) is 10.7. The molecule has 0 heterocycles. The van der Waals surface area contributed by atoms with Gasteiger partial charge in [-0.3, -0.25) is 4.72 Å². The van der Waals surface area contributed by atoms with Crippen LogP contribution in [-0.4, -0.2) is 14.4 Å². The molecule has 0 atom stereocenters. The Morgan fingerprint density at radius 3 is 2.19 bits per heavy atom. The Morgan fingerprint density at radius 1 is 0.838 bits per heavy atom. The van der Waals surface area contributed by atoms with Gasteiger partial charge in [-0.15, -0.1) is 0 Å². The smallest absolute Gasteiger partial charge is 0.339 e. The summed E-state index contributed by atoms with van der Waals surface area (Å²) < 4.78 is 50.1. The molecule has 4 aromatic carbocycles. The fourth-order valence-corrected chi connectivity index (χ4v) is 5.22. The number of hydrogen-bond acceptors (Lipinski definition) is 4. The van der Waals surface area contributed by atoms with Crippen LogP contribution in [0.1, 0.15) is 38.2 Å². The zero-order chi connectivity index (χ0) is 26.7. The van der Waals surface area contributed by atoms with Gasteiger partial charge < -0.3 is 4.74 Å². The molecule has 0 unspecified atom stereocenters. The Hall–Kier alpha value is -3.97. The number of ether oxygens (including phenoxy) is 1. The van der Waals surface area contributed by atoms with E-state index in [0.29, 0.717) is 11.1 Å². The van der Waals surface area contributed by atoms with E-state index in [2.05, 4.69) is 4.72 Å². The molecule has 0 aromatic heterocycles. The van der Waals surface area contributed by atoms with E-state index in [-0.39, 0.29) is 28.3 Å². The molecular weight excluding hydrogens is 489 g/mol. The summed E-state index contributed by atoms with van der Waals surface area (Å²) in [6.45, 7) is 7.40. The van der Waals surface area contributed by atoms with E-state index in [1.54, 1.807) is 25.1 Å². The highest BCUT2D eigenvalue weighted by Gasteiger charge is 2.26. The Morgan fingerprint density at radius 2 is 1.51 bits per heavy atom. The SMILES string of the molecule is Cc1ccc(S(=O)(=O)Nc2cc(C)c(C)c(C)c2-c2c(F)cccc2C(=O)OCc2ccccc2)cc1. The molecular formula is C30H28FNO4S. The molecule has 0 saturated heterocycles. The molecule has 4 aromatic rings. The summed E-state index contributed by atoms with van der Waals surface area (Å²) in [6.07, 6.45) is 0. The van der Waals surface area contributed by atoms with Crippen LogP contribution in [0.25, 0.3) is 11.1 Å². The molecule has 0 saturated carbocycles. The highest BCUT2D eigenvalue weighted by atomic mass is 32.2. The van der Waals surface area contributed by atoms with E-state index in [9.17, 15) is 13.2 Å². The minimum Gasteiger partial charge on any atom is -0.457 e. The number of carbonyl (C=O) groups excluding carboxylic acids is 1. The van der Waals surface area contributed by atoms with E-state index < -0.39 is 21.8 Å². The van der Waals surface area contributed by atoms with Crippen LogP contribution in [-0.2, 0) is 21.4 Å². The van der Waals surface area contributed by atoms with Gasteiger partial charge in [0, 0.05) is 11.1 Å². The van der Waals surface area contributed by atoms with Crippen molar-refractivity contribution in [3.8, 4) is 11.1 Å². The average Bonchev–Trinajstić information content (AvgIpc) is 2.87. The van der Waals surface area contributed by atoms with Crippen molar-refractivity contribution in [3.63, 3.8) is 0 Å². The van der Waals surface area contributed by atoms with E-state index in [4.69, 9.17) is 4.74 Å². The van der Waals surface area contributed by atoms with E-state index in [1.807, 2.05) is 51.1 Å². The lowest BCUT2D eigenvalue weighted by Crippen LogP contribution is -2.16. The molecule has 0 radical (unpaired) electrons. The molecule has 0 amide bonds. The number of aryl methyl sites for hydroxylation is 2.